The third kappa shape index (κ3) is 3.06. The lowest BCUT2D eigenvalue weighted by Gasteiger charge is -2.22. The fourth-order valence-corrected chi connectivity index (χ4v) is 2.63. The molecule has 0 unspecified atom stereocenters. The van der Waals surface area contributed by atoms with E-state index >= 15 is 0 Å². The van der Waals surface area contributed by atoms with Gasteiger partial charge in [-0.15, -0.1) is 0 Å². The van der Waals surface area contributed by atoms with E-state index in [9.17, 15) is 4.79 Å². The number of nitrogens with one attached hydrogen (secondary N) is 1. The topological polar surface area (TPSA) is 49.0 Å². The second-order valence-electron chi connectivity index (χ2n) is 5.32. The summed E-state index contributed by atoms with van der Waals surface area (Å²) in [6.45, 7) is 2.38. The Balaban J connectivity index is 1.83. The van der Waals surface area contributed by atoms with Crippen LogP contribution in [0.3, 0.4) is 0 Å². The molecule has 0 bridgehead atoms. The number of nitrogens with zero attached hydrogens (tertiary/aromatic N) is 2. The van der Waals surface area contributed by atoms with Crippen LogP contribution < -0.4 is 0 Å². The van der Waals surface area contributed by atoms with Crippen molar-refractivity contribution in [2.75, 3.05) is 0 Å². The Labute approximate surface area is 133 Å². The predicted octanol–water partition coefficient (Wildman–Crippen LogP) is 3.83. The normalized spacial score (nSPS) is 14.2. The maximum absolute atomic E-state index is 12.7. The van der Waals surface area contributed by atoms with Crippen LogP contribution in [0.15, 0.2) is 24.4 Å². The monoisotopic (exact) mass is 323 g/mol. The van der Waals surface area contributed by atoms with Crippen molar-refractivity contribution in [1.29, 1.82) is 0 Å². The summed E-state index contributed by atoms with van der Waals surface area (Å²) >= 11 is 12.0. The van der Waals surface area contributed by atoms with Gasteiger partial charge in [-0.25, -0.2) is 0 Å². The molecule has 21 heavy (non-hydrogen) atoms. The SMILES string of the molecule is Cc1[nH]ncc1C(=O)N(Cc1ccc(Cl)c(Cl)c1)C1CC1. The quantitative estimate of drug-likeness (QED) is 0.929. The van der Waals surface area contributed by atoms with Gasteiger partial charge in [-0.05, 0) is 37.5 Å². The highest BCUT2D eigenvalue weighted by Crippen LogP contribution is 2.31. The molecular weight excluding hydrogens is 309 g/mol. The Morgan fingerprint density at radius 1 is 1.38 bits per heavy atom. The van der Waals surface area contributed by atoms with Crippen LogP contribution in [0.25, 0.3) is 0 Å². The Hall–Kier alpha value is -1.52. The summed E-state index contributed by atoms with van der Waals surface area (Å²) in [6, 6.07) is 5.78. The minimum Gasteiger partial charge on any atom is -0.331 e. The molecule has 0 aliphatic heterocycles. The van der Waals surface area contributed by atoms with Crippen LogP contribution >= 0.6 is 23.2 Å². The van der Waals surface area contributed by atoms with Crippen molar-refractivity contribution in [2.45, 2.75) is 32.4 Å². The number of aromatic nitrogens is 2. The average molecular weight is 324 g/mol. The Morgan fingerprint density at radius 2 is 2.14 bits per heavy atom. The van der Waals surface area contributed by atoms with E-state index in [0.717, 1.165) is 24.1 Å². The minimum atomic E-state index is 0.00909. The molecule has 1 heterocycles. The van der Waals surface area contributed by atoms with Crippen LogP contribution in [0.4, 0.5) is 0 Å². The molecule has 110 valence electrons. The van der Waals surface area contributed by atoms with E-state index in [1.807, 2.05) is 24.0 Å². The third-order valence-corrected chi connectivity index (χ3v) is 4.38. The zero-order valence-corrected chi connectivity index (χ0v) is 13.1. The van der Waals surface area contributed by atoms with Crippen molar-refractivity contribution in [2.24, 2.45) is 0 Å². The van der Waals surface area contributed by atoms with Crippen molar-refractivity contribution in [3.63, 3.8) is 0 Å². The van der Waals surface area contributed by atoms with Gasteiger partial charge in [0.1, 0.15) is 0 Å². The first kappa shape index (κ1) is 14.4. The lowest BCUT2D eigenvalue weighted by Crippen LogP contribution is -2.32. The van der Waals surface area contributed by atoms with E-state index in [0.29, 0.717) is 28.2 Å². The molecule has 1 N–H and O–H groups in total. The first-order chi connectivity index (χ1) is 10.1. The maximum Gasteiger partial charge on any atom is 0.257 e. The zero-order valence-electron chi connectivity index (χ0n) is 11.6. The summed E-state index contributed by atoms with van der Waals surface area (Å²) in [6.07, 6.45) is 3.68. The second-order valence-corrected chi connectivity index (χ2v) is 6.14. The van der Waals surface area contributed by atoms with Gasteiger partial charge in [0.25, 0.3) is 5.91 Å². The number of aryl methyl sites for hydroxylation is 1. The Kier molecular flexibility index (Phi) is 3.91. The standard InChI is InChI=1S/C15H15Cl2N3O/c1-9-12(7-18-19-9)15(21)20(11-3-4-11)8-10-2-5-13(16)14(17)6-10/h2,5-7,11H,3-4,8H2,1H3,(H,18,19). The number of aromatic amines is 1. The van der Waals surface area contributed by atoms with E-state index in [1.54, 1.807) is 12.3 Å². The number of hydrogen-bond donors (Lipinski definition) is 1. The number of halogens is 2. The predicted molar refractivity (Wildman–Crippen MR) is 82.7 cm³/mol. The molecule has 6 heteroatoms. The first-order valence-electron chi connectivity index (χ1n) is 6.81. The first-order valence-corrected chi connectivity index (χ1v) is 7.56. The van der Waals surface area contributed by atoms with E-state index in [2.05, 4.69) is 10.2 Å². The lowest BCUT2D eigenvalue weighted by molar-refractivity contribution is 0.0729. The van der Waals surface area contributed by atoms with Crippen LogP contribution in [0.1, 0.15) is 34.5 Å². The number of hydrogen-bond acceptors (Lipinski definition) is 2. The minimum absolute atomic E-state index is 0.00909. The highest BCUT2D eigenvalue weighted by molar-refractivity contribution is 6.42. The number of H-pyrrole nitrogens is 1. The molecule has 3 rings (SSSR count). The average Bonchev–Trinajstić information content (AvgIpc) is 3.21. The van der Waals surface area contributed by atoms with Gasteiger partial charge in [-0.1, -0.05) is 29.3 Å². The Morgan fingerprint density at radius 3 is 2.71 bits per heavy atom. The highest BCUT2D eigenvalue weighted by Gasteiger charge is 2.34. The molecule has 1 aromatic heterocycles. The molecule has 1 amide bonds. The van der Waals surface area contributed by atoms with Crippen LogP contribution in [0.5, 0.6) is 0 Å². The third-order valence-electron chi connectivity index (χ3n) is 3.65. The van der Waals surface area contributed by atoms with Gasteiger partial charge >= 0.3 is 0 Å². The molecule has 1 saturated carbocycles. The van der Waals surface area contributed by atoms with Crippen LogP contribution in [-0.2, 0) is 6.54 Å². The molecular formula is C15H15Cl2N3O. The van der Waals surface area contributed by atoms with Crippen molar-refractivity contribution in [1.82, 2.24) is 15.1 Å². The molecule has 0 radical (unpaired) electrons. The largest absolute Gasteiger partial charge is 0.331 e. The Bertz CT molecular complexity index is 679. The van der Waals surface area contributed by atoms with E-state index in [-0.39, 0.29) is 5.91 Å². The summed E-state index contributed by atoms with van der Waals surface area (Å²) in [5.74, 6) is 0.00909. The highest BCUT2D eigenvalue weighted by atomic mass is 35.5. The van der Waals surface area contributed by atoms with Crippen molar-refractivity contribution < 1.29 is 4.79 Å². The number of amides is 1. The van der Waals surface area contributed by atoms with Gasteiger partial charge in [0.2, 0.25) is 0 Å². The van der Waals surface area contributed by atoms with Gasteiger partial charge in [-0.2, -0.15) is 5.10 Å². The van der Waals surface area contributed by atoms with Gasteiger partial charge in [0.05, 0.1) is 21.8 Å². The summed E-state index contributed by atoms with van der Waals surface area (Å²) in [5.41, 5.74) is 2.40. The number of benzene rings is 1. The smallest absolute Gasteiger partial charge is 0.257 e. The summed E-state index contributed by atoms with van der Waals surface area (Å²) in [4.78, 5) is 14.6. The van der Waals surface area contributed by atoms with E-state index < -0.39 is 0 Å². The fraction of sp³-hybridized carbons (Fsp3) is 0.333. The summed E-state index contributed by atoms with van der Waals surface area (Å²) < 4.78 is 0. The van der Waals surface area contributed by atoms with Crippen LogP contribution in [0.2, 0.25) is 10.0 Å². The molecule has 1 fully saturated rings. The maximum atomic E-state index is 12.7. The molecule has 1 aliphatic rings. The van der Waals surface area contributed by atoms with Crippen molar-refractivity contribution in [3.05, 3.63) is 51.3 Å². The van der Waals surface area contributed by atoms with Crippen LogP contribution in [0, 0.1) is 6.92 Å². The van der Waals surface area contributed by atoms with Crippen LogP contribution in [-0.4, -0.2) is 27.0 Å². The number of rotatable bonds is 4. The number of carbonyl (C=O) groups excluding carboxylic acids is 1. The molecule has 0 spiro atoms. The van der Waals surface area contributed by atoms with Gasteiger partial charge in [-0.3, -0.25) is 9.89 Å². The summed E-state index contributed by atoms with van der Waals surface area (Å²) in [7, 11) is 0. The van der Waals surface area contributed by atoms with Gasteiger partial charge in [0.15, 0.2) is 0 Å². The lowest BCUT2D eigenvalue weighted by atomic mass is 10.1. The second kappa shape index (κ2) is 5.70. The van der Waals surface area contributed by atoms with E-state index in [1.165, 1.54) is 0 Å². The van der Waals surface area contributed by atoms with Gasteiger partial charge in [0, 0.05) is 18.3 Å². The van der Waals surface area contributed by atoms with Crippen molar-refractivity contribution in [3.8, 4) is 0 Å². The summed E-state index contributed by atoms with van der Waals surface area (Å²) in [5, 5.41) is 7.77. The molecule has 1 aromatic carbocycles. The molecule has 2 aromatic rings. The fourth-order valence-electron chi connectivity index (χ4n) is 2.31. The van der Waals surface area contributed by atoms with E-state index in [4.69, 9.17) is 23.2 Å². The van der Waals surface area contributed by atoms with Crippen molar-refractivity contribution >= 4 is 29.1 Å². The van der Waals surface area contributed by atoms with Gasteiger partial charge < -0.3 is 4.90 Å². The zero-order chi connectivity index (χ0) is 15.0. The molecule has 0 saturated heterocycles. The molecule has 4 nitrogen and oxygen atoms in total. The molecule has 0 atom stereocenters. The molecule has 1 aliphatic carbocycles. The number of carbonyl (C=O) groups is 1.